The molecule has 20 N–H and O–H groups in total. The molecular weight excluding hydrogens is 1010 g/mol. The Morgan fingerprint density at radius 1 is 0.654 bits per heavy atom. The number of carboxylic acids is 2. The van der Waals surface area contributed by atoms with Crippen molar-refractivity contribution >= 4 is 70.2 Å². The third-order valence-corrected chi connectivity index (χ3v) is 12.4. The number of carboxylic acid groups (broad SMARTS) is 2. The minimum absolute atomic E-state index is 0.00114. The van der Waals surface area contributed by atoms with Crippen LogP contribution >= 0.6 is 0 Å². The van der Waals surface area contributed by atoms with Gasteiger partial charge in [-0.2, -0.15) is 0 Å². The number of aromatic hydroxyl groups is 1. The SMILES string of the molecule is CCCC[C@H](N)C(=O)N[C@@H](CCC(=O)O)C(=O)N[C@@H](Cc1cnc[nH]1)C(=O)N[C@H](Cc1ccc(O)cc1)C(=O)N[C@@H](CCCN=C(N)N)C(=O)N[C@@H](Cc1c[nH]c2ccccc12)C(=O)NCC(=O)N[C@@H](CCCCN)C(=O)O. The molecule has 7 amide bonds. The van der Waals surface area contributed by atoms with E-state index in [2.05, 4.69) is 57.2 Å². The van der Waals surface area contributed by atoms with Crippen LogP contribution in [0.3, 0.4) is 0 Å². The average Bonchev–Trinajstić information content (AvgIpc) is 4.09. The molecule has 0 saturated heterocycles. The zero-order chi connectivity index (χ0) is 57.1. The number of rotatable bonds is 35. The number of nitrogens with one attached hydrogen (secondary N) is 9. The van der Waals surface area contributed by atoms with Crippen molar-refractivity contribution in [3.63, 3.8) is 0 Å². The van der Waals surface area contributed by atoms with Gasteiger partial charge in [0.2, 0.25) is 41.4 Å². The maximum Gasteiger partial charge on any atom is 0.326 e. The van der Waals surface area contributed by atoms with Crippen LogP contribution in [-0.4, -0.2) is 151 Å². The van der Waals surface area contributed by atoms with Crippen LogP contribution in [0.2, 0.25) is 0 Å². The summed E-state index contributed by atoms with van der Waals surface area (Å²) in [5, 5.41) is 48.0. The molecule has 2 aromatic carbocycles. The summed E-state index contributed by atoms with van der Waals surface area (Å²) in [4.78, 5) is 135. The highest BCUT2D eigenvalue weighted by Gasteiger charge is 2.34. The number of carbonyl (C=O) groups excluding carboxylic acids is 7. The number of aromatic nitrogens is 3. The van der Waals surface area contributed by atoms with Crippen molar-refractivity contribution in [2.45, 2.75) is 133 Å². The van der Waals surface area contributed by atoms with Crippen LogP contribution in [0.15, 0.2) is 72.2 Å². The fourth-order valence-corrected chi connectivity index (χ4v) is 8.15. The summed E-state index contributed by atoms with van der Waals surface area (Å²) in [7, 11) is 0. The zero-order valence-electron chi connectivity index (χ0n) is 43.4. The standard InChI is InChI=1S/C51H73N15O12/c1-2-3-10-34(53)44(71)62-37(18-19-43(69)70)47(74)66-41(24-31-26-56-28-60-31)49(76)64-39(22-29-14-16-32(67)17-15-29)48(75)63-36(13-8-21-57-51(54)55)46(73)65-40(23-30-25-58-35-11-5-4-9-33(30)35)45(72)59-27-42(68)61-38(50(77)78)12-6-7-20-52/h4-5,9,11,14-17,25-26,28,34,36-41,58,67H,2-3,6-8,10,12-13,18-24,27,52-53H2,1H3,(H,56,60)(H,59,72)(H,61,68)(H,62,71)(H,63,75)(H,64,76)(H,65,73)(H,66,74)(H,69,70)(H,77,78)(H4,54,55,57)/t34-,36-,37-,38-,39+,40-,41-/m0/s1. The first-order valence-electron chi connectivity index (χ1n) is 25.6. The molecule has 0 unspecified atom stereocenters. The number of phenolic OH excluding ortho intramolecular Hbond substituents is 1. The number of amides is 7. The molecule has 0 bridgehead atoms. The third-order valence-electron chi connectivity index (χ3n) is 12.4. The number of aliphatic imine (C=N–C) groups is 1. The van der Waals surface area contributed by atoms with Crippen molar-refractivity contribution in [1.82, 2.24) is 52.2 Å². The van der Waals surface area contributed by atoms with Crippen molar-refractivity contribution in [3.8, 4) is 5.75 Å². The van der Waals surface area contributed by atoms with Gasteiger partial charge in [-0.1, -0.05) is 50.1 Å². The Labute approximate surface area is 449 Å². The van der Waals surface area contributed by atoms with Gasteiger partial charge in [-0.05, 0) is 80.8 Å². The number of benzene rings is 2. The highest BCUT2D eigenvalue weighted by Crippen LogP contribution is 2.20. The monoisotopic (exact) mass is 1090 g/mol. The van der Waals surface area contributed by atoms with E-state index in [1.54, 1.807) is 30.5 Å². The van der Waals surface area contributed by atoms with Crippen molar-refractivity contribution in [3.05, 3.63) is 84.1 Å². The van der Waals surface area contributed by atoms with Crippen LogP contribution in [0.5, 0.6) is 5.75 Å². The number of unbranched alkanes of at least 4 members (excludes halogenated alkanes) is 2. The van der Waals surface area contributed by atoms with Gasteiger partial charge in [0, 0.05) is 61.2 Å². The summed E-state index contributed by atoms with van der Waals surface area (Å²) in [5.74, 6) is -8.92. The molecule has 2 aromatic heterocycles. The van der Waals surface area contributed by atoms with Crippen LogP contribution in [0.1, 0.15) is 88.0 Å². The maximum absolute atomic E-state index is 14.7. The predicted molar refractivity (Wildman–Crippen MR) is 286 cm³/mol. The summed E-state index contributed by atoms with van der Waals surface area (Å²) in [5.41, 5.74) is 24.8. The van der Waals surface area contributed by atoms with Gasteiger partial charge >= 0.3 is 11.9 Å². The molecule has 0 aliphatic heterocycles. The van der Waals surface area contributed by atoms with E-state index in [9.17, 15) is 58.5 Å². The molecule has 0 aliphatic carbocycles. The Morgan fingerprint density at radius 2 is 1.26 bits per heavy atom. The minimum Gasteiger partial charge on any atom is -0.508 e. The van der Waals surface area contributed by atoms with Gasteiger partial charge in [0.05, 0.1) is 18.9 Å². The Balaban J connectivity index is 1.66. The van der Waals surface area contributed by atoms with E-state index in [0.717, 1.165) is 11.9 Å². The molecule has 2 heterocycles. The van der Waals surface area contributed by atoms with E-state index < -0.39 is 109 Å². The van der Waals surface area contributed by atoms with Crippen molar-refractivity contribution in [1.29, 1.82) is 0 Å². The molecule has 424 valence electrons. The number of nitrogens with two attached hydrogens (primary N) is 4. The molecule has 4 aromatic rings. The lowest BCUT2D eigenvalue weighted by molar-refractivity contribution is -0.142. The Bertz CT molecular complexity index is 2660. The third kappa shape index (κ3) is 21.2. The highest BCUT2D eigenvalue weighted by molar-refractivity contribution is 5.98. The quantitative estimate of drug-likeness (QED) is 0.0139. The normalized spacial score (nSPS) is 13.7. The largest absolute Gasteiger partial charge is 0.508 e. The van der Waals surface area contributed by atoms with Crippen molar-refractivity contribution in [2.24, 2.45) is 27.9 Å². The van der Waals surface area contributed by atoms with E-state index in [-0.39, 0.29) is 63.2 Å². The summed E-state index contributed by atoms with van der Waals surface area (Å²) in [6.07, 6.45) is 5.47. The number of carbonyl (C=O) groups is 9. The van der Waals surface area contributed by atoms with Gasteiger partial charge in [0.1, 0.15) is 42.0 Å². The van der Waals surface area contributed by atoms with Crippen LogP contribution < -0.4 is 60.2 Å². The molecule has 0 fully saturated rings. The Kier molecular flexibility index (Phi) is 25.5. The fourth-order valence-electron chi connectivity index (χ4n) is 8.15. The van der Waals surface area contributed by atoms with Crippen LogP contribution in [0, 0.1) is 0 Å². The molecule has 0 spiro atoms. The van der Waals surface area contributed by atoms with Crippen LogP contribution in [0.25, 0.3) is 10.9 Å². The number of imidazole rings is 1. The zero-order valence-corrected chi connectivity index (χ0v) is 43.4. The first-order valence-corrected chi connectivity index (χ1v) is 25.6. The summed E-state index contributed by atoms with van der Waals surface area (Å²) in [6.45, 7) is 1.57. The Morgan fingerprint density at radius 3 is 1.87 bits per heavy atom. The highest BCUT2D eigenvalue weighted by atomic mass is 16.4. The van der Waals surface area contributed by atoms with Crippen molar-refractivity contribution < 1.29 is 58.5 Å². The minimum atomic E-state index is -1.52. The second-order valence-electron chi connectivity index (χ2n) is 18.6. The van der Waals surface area contributed by atoms with Gasteiger partial charge < -0.3 is 85.4 Å². The second-order valence-corrected chi connectivity index (χ2v) is 18.6. The number of phenols is 1. The van der Waals surface area contributed by atoms with Gasteiger partial charge in [0.15, 0.2) is 5.96 Å². The molecular formula is C51H73N15O12. The van der Waals surface area contributed by atoms with E-state index in [1.807, 2.05) is 6.92 Å². The molecule has 27 heteroatoms. The summed E-state index contributed by atoms with van der Waals surface area (Å²) < 4.78 is 0. The number of aromatic amines is 2. The van der Waals surface area contributed by atoms with Crippen LogP contribution in [-0.2, 0) is 62.4 Å². The lowest BCUT2D eigenvalue weighted by Crippen LogP contribution is -2.60. The lowest BCUT2D eigenvalue weighted by atomic mass is 10.0. The van der Waals surface area contributed by atoms with Crippen LogP contribution in [0.4, 0.5) is 0 Å². The molecule has 78 heavy (non-hydrogen) atoms. The first kappa shape index (κ1) is 62.0. The number of hydrogen-bond donors (Lipinski definition) is 16. The number of fused-ring (bicyclic) bond motifs is 1. The molecule has 4 rings (SSSR count). The van der Waals surface area contributed by atoms with Gasteiger partial charge in [0.25, 0.3) is 0 Å². The maximum atomic E-state index is 14.7. The second kappa shape index (κ2) is 32.1. The van der Waals surface area contributed by atoms with E-state index in [1.165, 1.54) is 36.8 Å². The Hall–Kier alpha value is -8.59. The fraction of sp³-hybridized carbons (Fsp3) is 0.471. The number of guanidine groups is 1. The predicted octanol–water partition coefficient (Wildman–Crippen LogP) is -1.70. The van der Waals surface area contributed by atoms with E-state index in [4.69, 9.17) is 22.9 Å². The molecule has 0 aliphatic rings. The number of aliphatic carboxylic acids is 2. The molecule has 7 atom stereocenters. The lowest BCUT2D eigenvalue weighted by Gasteiger charge is -2.27. The molecule has 0 radical (unpaired) electrons. The van der Waals surface area contributed by atoms with Crippen molar-refractivity contribution in [2.75, 3.05) is 19.6 Å². The molecule has 0 saturated carbocycles. The summed E-state index contributed by atoms with van der Waals surface area (Å²) in [6, 6.07) is 3.25. The van der Waals surface area contributed by atoms with Gasteiger partial charge in [-0.15, -0.1) is 0 Å². The topological polar surface area (TPSA) is 459 Å². The number of H-pyrrole nitrogens is 2. The smallest absolute Gasteiger partial charge is 0.326 e. The van der Waals surface area contributed by atoms with Gasteiger partial charge in [-0.3, -0.25) is 43.3 Å². The number of hydrogen-bond acceptors (Lipinski definition) is 14. The molecule has 27 nitrogen and oxygen atoms in total. The number of nitrogens with zero attached hydrogens (tertiary/aromatic N) is 2. The first-order chi connectivity index (χ1) is 37.3. The average molecular weight is 1090 g/mol. The van der Waals surface area contributed by atoms with E-state index in [0.29, 0.717) is 54.4 Å². The van der Waals surface area contributed by atoms with Gasteiger partial charge in [-0.25, -0.2) is 9.78 Å². The number of para-hydroxylation sites is 1. The summed E-state index contributed by atoms with van der Waals surface area (Å²) >= 11 is 0. The van der Waals surface area contributed by atoms with E-state index >= 15 is 0 Å².